The van der Waals surface area contributed by atoms with Gasteiger partial charge < -0.3 is 14.6 Å². The lowest BCUT2D eigenvalue weighted by Gasteiger charge is -2.20. The number of hydrogen-bond acceptors (Lipinski definition) is 4. The van der Waals surface area contributed by atoms with E-state index in [1.54, 1.807) is 36.3 Å². The quantitative estimate of drug-likeness (QED) is 0.514. The van der Waals surface area contributed by atoms with Crippen molar-refractivity contribution in [3.63, 3.8) is 0 Å². The first-order valence-corrected chi connectivity index (χ1v) is 9.68. The van der Waals surface area contributed by atoms with E-state index in [2.05, 4.69) is 15.4 Å². The third-order valence-corrected chi connectivity index (χ3v) is 5.08. The number of aryl methyl sites for hydroxylation is 1. The molecule has 0 radical (unpaired) electrons. The van der Waals surface area contributed by atoms with Crippen LogP contribution in [0.5, 0.6) is 5.75 Å². The molecule has 30 heavy (non-hydrogen) atoms. The van der Waals surface area contributed by atoms with Gasteiger partial charge in [0.05, 0.1) is 17.8 Å². The second-order valence-electron chi connectivity index (χ2n) is 6.64. The topological polar surface area (TPSA) is 74.0 Å². The van der Waals surface area contributed by atoms with Crippen molar-refractivity contribution in [2.24, 2.45) is 7.05 Å². The number of amides is 1. The molecule has 0 saturated carbocycles. The Balaban J connectivity index is 1.67. The Labute approximate surface area is 178 Å². The zero-order valence-corrected chi connectivity index (χ0v) is 17.2. The first kappa shape index (κ1) is 19.7. The van der Waals surface area contributed by atoms with E-state index in [0.717, 1.165) is 5.56 Å². The van der Waals surface area contributed by atoms with Crippen LogP contribution in [0.4, 0.5) is 0 Å². The minimum atomic E-state index is -0.515. The largest absolute Gasteiger partial charge is 0.496 e. The number of nitrogens with one attached hydrogen (secondary N) is 1. The SMILES string of the molecule is COc1ccccc1C(NC(=O)c1ccn(-c2ccccc2Cl)n1)c1nccn1C. The average molecular weight is 422 g/mol. The van der Waals surface area contributed by atoms with Crippen molar-refractivity contribution in [2.75, 3.05) is 7.11 Å². The van der Waals surface area contributed by atoms with Crippen LogP contribution in [0.15, 0.2) is 73.2 Å². The van der Waals surface area contributed by atoms with E-state index in [-0.39, 0.29) is 11.6 Å². The second-order valence-corrected chi connectivity index (χ2v) is 7.05. The summed E-state index contributed by atoms with van der Waals surface area (Å²) in [6.07, 6.45) is 5.22. The highest BCUT2D eigenvalue weighted by molar-refractivity contribution is 6.32. The summed E-state index contributed by atoms with van der Waals surface area (Å²) in [5.41, 5.74) is 1.76. The molecule has 0 spiro atoms. The van der Waals surface area contributed by atoms with Crippen molar-refractivity contribution < 1.29 is 9.53 Å². The maximum Gasteiger partial charge on any atom is 0.272 e. The Morgan fingerprint density at radius 3 is 2.60 bits per heavy atom. The molecule has 8 heteroatoms. The van der Waals surface area contributed by atoms with Crippen LogP contribution in [0.1, 0.15) is 27.9 Å². The van der Waals surface area contributed by atoms with Crippen LogP contribution >= 0.6 is 11.6 Å². The zero-order valence-electron chi connectivity index (χ0n) is 16.5. The Morgan fingerprint density at radius 2 is 1.87 bits per heavy atom. The maximum absolute atomic E-state index is 13.1. The minimum absolute atomic E-state index is 0.268. The molecule has 0 fully saturated rings. The first-order chi connectivity index (χ1) is 14.6. The molecule has 152 valence electrons. The molecule has 2 heterocycles. The molecule has 1 amide bonds. The summed E-state index contributed by atoms with van der Waals surface area (Å²) in [4.78, 5) is 17.5. The molecule has 1 atom stereocenters. The van der Waals surface area contributed by atoms with Crippen molar-refractivity contribution in [1.29, 1.82) is 0 Å². The molecule has 0 aliphatic carbocycles. The number of para-hydroxylation sites is 2. The van der Waals surface area contributed by atoms with Crippen molar-refractivity contribution in [2.45, 2.75) is 6.04 Å². The number of methoxy groups -OCH3 is 1. The van der Waals surface area contributed by atoms with Gasteiger partial charge in [-0.25, -0.2) is 9.67 Å². The summed E-state index contributed by atoms with van der Waals surface area (Å²) in [5, 5.41) is 7.98. The predicted octanol–water partition coefficient (Wildman–Crippen LogP) is 3.79. The highest BCUT2D eigenvalue weighted by Gasteiger charge is 2.25. The third-order valence-electron chi connectivity index (χ3n) is 4.76. The van der Waals surface area contributed by atoms with Gasteiger partial charge in [0.15, 0.2) is 5.69 Å². The molecule has 0 saturated heterocycles. The number of aromatic nitrogens is 4. The summed E-state index contributed by atoms with van der Waals surface area (Å²) in [6.45, 7) is 0. The molecule has 4 aromatic rings. The molecular formula is C22H20ClN5O2. The number of benzene rings is 2. The lowest BCUT2D eigenvalue weighted by molar-refractivity contribution is 0.0935. The fourth-order valence-electron chi connectivity index (χ4n) is 3.26. The standard InChI is InChI=1S/C22H20ClN5O2/c1-27-14-12-24-21(27)20(15-7-3-6-10-19(15)30-2)25-22(29)17-11-13-28(26-17)18-9-5-4-8-16(18)23/h3-14,20H,1-2H3,(H,25,29). The van der Waals surface area contributed by atoms with Crippen LogP contribution in [0, 0.1) is 0 Å². The van der Waals surface area contributed by atoms with E-state index in [9.17, 15) is 4.79 Å². The van der Waals surface area contributed by atoms with Crippen molar-refractivity contribution in [3.05, 3.63) is 95.3 Å². The molecule has 2 aromatic heterocycles. The summed E-state index contributed by atoms with van der Waals surface area (Å²) >= 11 is 6.24. The molecular weight excluding hydrogens is 402 g/mol. The molecule has 2 aromatic carbocycles. The minimum Gasteiger partial charge on any atom is -0.496 e. The molecule has 7 nitrogen and oxygen atoms in total. The molecule has 1 unspecified atom stereocenters. The highest BCUT2D eigenvalue weighted by atomic mass is 35.5. The Morgan fingerprint density at radius 1 is 1.10 bits per heavy atom. The molecule has 0 bridgehead atoms. The smallest absolute Gasteiger partial charge is 0.272 e. The van der Waals surface area contributed by atoms with Gasteiger partial charge in [-0.15, -0.1) is 0 Å². The van der Waals surface area contributed by atoms with Gasteiger partial charge in [-0.2, -0.15) is 5.10 Å². The number of nitrogens with zero attached hydrogens (tertiary/aromatic N) is 4. The maximum atomic E-state index is 13.1. The Hall–Kier alpha value is -3.58. The van der Waals surface area contributed by atoms with Gasteiger partial charge in [0.2, 0.25) is 0 Å². The van der Waals surface area contributed by atoms with Crippen LogP contribution in [0.3, 0.4) is 0 Å². The first-order valence-electron chi connectivity index (χ1n) is 9.30. The summed E-state index contributed by atoms with van der Waals surface area (Å²) in [7, 11) is 3.48. The number of ether oxygens (including phenoxy) is 1. The van der Waals surface area contributed by atoms with Gasteiger partial charge in [0.25, 0.3) is 5.91 Å². The fourth-order valence-corrected chi connectivity index (χ4v) is 3.49. The van der Waals surface area contributed by atoms with E-state index in [1.807, 2.05) is 60.3 Å². The number of carbonyl (C=O) groups excluding carboxylic acids is 1. The number of imidazole rings is 1. The summed E-state index contributed by atoms with van der Waals surface area (Å²) in [6, 6.07) is 16.0. The van der Waals surface area contributed by atoms with Gasteiger partial charge in [0.1, 0.15) is 17.6 Å². The lowest BCUT2D eigenvalue weighted by Crippen LogP contribution is -2.31. The van der Waals surface area contributed by atoms with E-state index >= 15 is 0 Å². The van der Waals surface area contributed by atoms with E-state index in [0.29, 0.717) is 22.3 Å². The van der Waals surface area contributed by atoms with Gasteiger partial charge in [-0.05, 0) is 24.3 Å². The van der Waals surface area contributed by atoms with Gasteiger partial charge >= 0.3 is 0 Å². The fraction of sp³-hybridized carbons (Fsp3) is 0.136. The number of carbonyl (C=O) groups is 1. The van der Waals surface area contributed by atoms with Crippen molar-refractivity contribution in [1.82, 2.24) is 24.6 Å². The normalized spacial score (nSPS) is 11.8. The van der Waals surface area contributed by atoms with Crippen LogP contribution in [0.2, 0.25) is 5.02 Å². The van der Waals surface area contributed by atoms with E-state index < -0.39 is 6.04 Å². The van der Waals surface area contributed by atoms with E-state index in [1.165, 1.54) is 0 Å². The number of halogens is 1. The van der Waals surface area contributed by atoms with Crippen LogP contribution in [-0.4, -0.2) is 32.3 Å². The van der Waals surface area contributed by atoms with Gasteiger partial charge in [-0.1, -0.05) is 41.9 Å². The number of rotatable bonds is 6. The zero-order chi connectivity index (χ0) is 21.1. The van der Waals surface area contributed by atoms with E-state index in [4.69, 9.17) is 16.3 Å². The molecule has 4 rings (SSSR count). The molecule has 0 aliphatic heterocycles. The van der Waals surface area contributed by atoms with Gasteiger partial charge in [0, 0.05) is 31.2 Å². The van der Waals surface area contributed by atoms with Gasteiger partial charge in [-0.3, -0.25) is 4.79 Å². The molecule has 0 aliphatic rings. The lowest BCUT2D eigenvalue weighted by atomic mass is 10.0. The number of hydrogen-bond donors (Lipinski definition) is 1. The summed E-state index contributed by atoms with van der Waals surface area (Å²) < 4.78 is 8.94. The monoisotopic (exact) mass is 421 g/mol. The third kappa shape index (κ3) is 3.79. The van der Waals surface area contributed by atoms with Crippen molar-refractivity contribution >= 4 is 17.5 Å². The van der Waals surface area contributed by atoms with Crippen LogP contribution in [0.25, 0.3) is 5.69 Å². The summed E-state index contributed by atoms with van der Waals surface area (Å²) in [5.74, 6) is 1.01. The predicted molar refractivity (Wildman–Crippen MR) is 114 cm³/mol. The van der Waals surface area contributed by atoms with Crippen molar-refractivity contribution in [3.8, 4) is 11.4 Å². The second kappa shape index (κ2) is 8.42. The Kier molecular flexibility index (Phi) is 5.54. The molecule has 1 N–H and O–H groups in total. The Bertz CT molecular complexity index is 1180. The highest BCUT2D eigenvalue weighted by Crippen LogP contribution is 2.29. The van der Waals surface area contributed by atoms with Crippen LogP contribution in [-0.2, 0) is 7.05 Å². The van der Waals surface area contributed by atoms with Crippen LogP contribution < -0.4 is 10.1 Å². The average Bonchev–Trinajstić information content (AvgIpc) is 3.42.